The Morgan fingerprint density at radius 3 is 2.38 bits per heavy atom. The van der Waals surface area contributed by atoms with Gasteiger partial charge in [-0.3, -0.25) is 0 Å². The predicted molar refractivity (Wildman–Crippen MR) is 61.3 cm³/mol. The monoisotopic (exact) mass is 240 g/mol. The lowest BCUT2D eigenvalue weighted by atomic mass is 9.85. The van der Waals surface area contributed by atoms with Gasteiger partial charge in [-0.05, 0) is 23.1 Å². The minimum atomic E-state index is -3.41. The van der Waals surface area contributed by atoms with Gasteiger partial charge in [0.15, 0.2) is 0 Å². The Labute approximate surface area is 94.7 Å². The summed E-state index contributed by atoms with van der Waals surface area (Å²) in [5.74, 6) is -0.428. The van der Waals surface area contributed by atoms with Crippen molar-refractivity contribution in [2.45, 2.75) is 31.1 Å². The number of hydrogen-bond donors (Lipinski definition) is 0. The second-order valence-electron chi connectivity index (χ2n) is 4.94. The molecule has 16 heavy (non-hydrogen) atoms. The molecule has 0 N–H and O–H groups in total. The quantitative estimate of drug-likeness (QED) is 0.698. The highest BCUT2D eigenvalue weighted by molar-refractivity contribution is 7.94. The highest BCUT2D eigenvalue weighted by Crippen LogP contribution is 2.34. The van der Waals surface area contributed by atoms with Gasteiger partial charge in [-0.1, -0.05) is 26.8 Å². The summed E-state index contributed by atoms with van der Waals surface area (Å²) in [6.07, 6.45) is 1.33. The second kappa shape index (κ2) is 3.17. The molecule has 1 heterocycles. The zero-order valence-electron chi connectivity index (χ0n) is 9.41. The first-order valence-corrected chi connectivity index (χ1v) is 6.54. The molecule has 1 aromatic rings. The van der Waals surface area contributed by atoms with Crippen molar-refractivity contribution in [1.29, 1.82) is 0 Å². The molecule has 0 unspecified atom stereocenters. The van der Waals surface area contributed by atoms with Gasteiger partial charge in [-0.25, -0.2) is 12.8 Å². The van der Waals surface area contributed by atoms with E-state index in [0.717, 1.165) is 5.41 Å². The van der Waals surface area contributed by atoms with E-state index in [1.165, 1.54) is 12.1 Å². The molecular formula is C12H13FO2S. The first-order chi connectivity index (χ1) is 7.23. The molecule has 0 spiro atoms. The largest absolute Gasteiger partial charge is 0.219 e. The molecular weight excluding hydrogens is 227 g/mol. The van der Waals surface area contributed by atoms with Gasteiger partial charge >= 0.3 is 0 Å². The second-order valence-corrected chi connectivity index (χ2v) is 6.74. The van der Waals surface area contributed by atoms with Gasteiger partial charge in [0.05, 0.1) is 4.90 Å². The van der Waals surface area contributed by atoms with Crippen LogP contribution in [0.3, 0.4) is 0 Å². The molecule has 86 valence electrons. The van der Waals surface area contributed by atoms with Crippen molar-refractivity contribution in [3.8, 4) is 0 Å². The van der Waals surface area contributed by atoms with Gasteiger partial charge in [0.1, 0.15) is 5.82 Å². The van der Waals surface area contributed by atoms with Crippen LogP contribution in [0.1, 0.15) is 31.9 Å². The van der Waals surface area contributed by atoms with Crippen LogP contribution >= 0.6 is 0 Å². The van der Waals surface area contributed by atoms with Crippen LogP contribution in [0, 0.1) is 5.82 Å². The van der Waals surface area contributed by atoms with Crippen LogP contribution in [-0.4, -0.2) is 8.42 Å². The number of rotatable bonds is 0. The summed E-state index contributed by atoms with van der Waals surface area (Å²) in [6.45, 7) is 5.68. The van der Waals surface area contributed by atoms with E-state index in [-0.39, 0.29) is 15.9 Å². The van der Waals surface area contributed by atoms with Crippen LogP contribution in [0.4, 0.5) is 4.39 Å². The van der Waals surface area contributed by atoms with Gasteiger partial charge in [-0.15, -0.1) is 0 Å². The highest BCUT2D eigenvalue weighted by Gasteiger charge is 2.28. The molecule has 0 amide bonds. The van der Waals surface area contributed by atoms with Gasteiger partial charge < -0.3 is 0 Å². The molecule has 0 aliphatic carbocycles. The summed E-state index contributed by atoms with van der Waals surface area (Å²) in [5, 5.41) is 1.05. The van der Waals surface area contributed by atoms with Crippen molar-refractivity contribution in [2.24, 2.45) is 0 Å². The molecule has 1 aliphatic heterocycles. The average molecular weight is 240 g/mol. The van der Waals surface area contributed by atoms with E-state index in [4.69, 9.17) is 0 Å². The molecule has 0 atom stereocenters. The van der Waals surface area contributed by atoms with Crippen LogP contribution in [0.15, 0.2) is 22.4 Å². The topological polar surface area (TPSA) is 34.1 Å². The minimum absolute atomic E-state index is 0.0676. The SMILES string of the molecule is CC(C)(C)c1ccc2c(c1F)C=CS2(=O)=O. The average Bonchev–Trinajstić information content (AvgIpc) is 2.42. The zero-order chi connectivity index (χ0) is 12.1. The van der Waals surface area contributed by atoms with Gasteiger partial charge in [-0.2, -0.15) is 0 Å². The number of halogens is 1. The lowest BCUT2D eigenvalue weighted by Crippen LogP contribution is -2.14. The van der Waals surface area contributed by atoms with Crippen LogP contribution < -0.4 is 0 Å². The number of sulfone groups is 1. The Morgan fingerprint density at radius 1 is 1.19 bits per heavy atom. The summed E-state index contributed by atoms with van der Waals surface area (Å²) in [5.41, 5.74) is 0.389. The lowest BCUT2D eigenvalue weighted by Gasteiger charge is -2.20. The van der Waals surface area contributed by atoms with Crippen LogP contribution in [0.25, 0.3) is 6.08 Å². The van der Waals surface area contributed by atoms with Crippen LogP contribution in [-0.2, 0) is 15.3 Å². The van der Waals surface area contributed by atoms with Gasteiger partial charge in [0, 0.05) is 11.0 Å². The van der Waals surface area contributed by atoms with E-state index >= 15 is 0 Å². The fourth-order valence-corrected chi connectivity index (χ4v) is 2.97. The van der Waals surface area contributed by atoms with Crippen molar-refractivity contribution in [1.82, 2.24) is 0 Å². The minimum Gasteiger partial charge on any atom is -0.219 e. The number of fused-ring (bicyclic) bond motifs is 1. The van der Waals surface area contributed by atoms with Gasteiger partial charge in [0.25, 0.3) is 0 Å². The molecule has 4 heteroatoms. The molecule has 1 aliphatic rings. The van der Waals surface area contributed by atoms with E-state index in [1.807, 2.05) is 20.8 Å². The van der Waals surface area contributed by atoms with Crippen molar-refractivity contribution < 1.29 is 12.8 Å². The molecule has 0 radical (unpaired) electrons. The Bertz CT molecular complexity index is 578. The van der Waals surface area contributed by atoms with Crippen LogP contribution in [0.5, 0.6) is 0 Å². The first-order valence-electron chi connectivity index (χ1n) is 4.99. The predicted octanol–water partition coefficient (Wildman–Crippen LogP) is 2.88. The molecule has 1 aromatic carbocycles. The molecule has 0 bridgehead atoms. The van der Waals surface area contributed by atoms with Crippen molar-refractivity contribution in [3.63, 3.8) is 0 Å². The van der Waals surface area contributed by atoms with E-state index in [1.54, 1.807) is 6.07 Å². The van der Waals surface area contributed by atoms with E-state index in [9.17, 15) is 12.8 Å². The van der Waals surface area contributed by atoms with Crippen molar-refractivity contribution >= 4 is 15.9 Å². The Balaban J connectivity index is 2.74. The van der Waals surface area contributed by atoms with E-state index < -0.39 is 15.7 Å². The number of benzene rings is 1. The maximum absolute atomic E-state index is 14.1. The third-order valence-corrected chi connectivity index (χ3v) is 4.13. The fraction of sp³-hybridized carbons (Fsp3) is 0.333. The Hall–Kier alpha value is -1.16. The maximum Gasteiger partial charge on any atom is 0.200 e. The number of hydrogen-bond acceptors (Lipinski definition) is 2. The standard InChI is InChI=1S/C12H13FO2S/c1-12(2,3)9-4-5-10-8(11(9)13)6-7-16(10,14)15/h4-7H,1-3H3. The Morgan fingerprint density at radius 2 is 1.81 bits per heavy atom. The molecule has 0 aromatic heterocycles. The molecule has 2 rings (SSSR count). The normalized spacial score (nSPS) is 17.5. The van der Waals surface area contributed by atoms with E-state index in [0.29, 0.717) is 5.56 Å². The first kappa shape index (κ1) is 11.3. The van der Waals surface area contributed by atoms with E-state index in [2.05, 4.69) is 0 Å². The smallest absolute Gasteiger partial charge is 0.200 e. The molecule has 0 fully saturated rings. The Kier molecular flexibility index (Phi) is 2.24. The third kappa shape index (κ3) is 1.57. The molecule has 2 nitrogen and oxygen atoms in total. The zero-order valence-corrected chi connectivity index (χ0v) is 10.2. The molecule has 0 saturated carbocycles. The lowest BCUT2D eigenvalue weighted by molar-refractivity contribution is 0.518. The highest BCUT2D eigenvalue weighted by atomic mass is 32.2. The van der Waals surface area contributed by atoms with Gasteiger partial charge in [0.2, 0.25) is 9.84 Å². The fourth-order valence-electron chi connectivity index (χ4n) is 1.79. The summed E-state index contributed by atoms with van der Waals surface area (Å²) in [4.78, 5) is 0.0676. The summed E-state index contributed by atoms with van der Waals surface area (Å²) >= 11 is 0. The van der Waals surface area contributed by atoms with Crippen LogP contribution in [0.2, 0.25) is 0 Å². The summed E-state index contributed by atoms with van der Waals surface area (Å²) in [6, 6.07) is 3.03. The third-order valence-electron chi connectivity index (χ3n) is 2.67. The van der Waals surface area contributed by atoms with Crippen molar-refractivity contribution in [2.75, 3.05) is 0 Å². The summed E-state index contributed by atoms with van der Waals surface area (Å²) in [7, 11) is -3.41. The molecule has 0 saturated heterocycles. The van der Waals surface area contributed by atoms with Crippen molar-refractivity contribution in [3.05, 3.63) is 34.5 Å². The maximum atomic E-state index is 14.1. The summed E-state index contributed by atoms with van der Waals surface area (Å²) < 4.78 is 37.1.